The van der Waals surface area contributed by atoms with Crippen LogP contribution in [0.25, 0.3) is 0 Å². The number of ether oxygens (including phenoxy) is 1. The highest BCUT2D eigenvalue weighted by Crippen LogP contribution is 2.35. The number of morpholine rings is 1. The molecule has 3 rings (SSSR count). The van der Waals surface area contributed by atoms with Crippen LogP contribution in [0.15, 0.2) is 18.2 Å². The maximum Gasteiger partial charge on any atom is 0.0619 e. The Kier molecular flexibility index (Phi) is 4.32. The zero-order valence-electron chi connectivity index (χ0n) is 12.2. The summed E-state index contributed by atoms with van der Waals surface area (Å²) in [5.74, 6) is 0. The number of hydrogen-bond donors (Lipinski definition) is 1. The Balaban J connectivity index is 1.86. The van der Waals surface area contributed by atoms with Crippen LogP contribution in [0.4, 0.5) is 0 Å². The van der Waals surface area contributed by atoms with E-state index in [0.717, 1.165) is 36.9 Å². The molecule has 0 saturated carbocycles. The highest BCUT2D eigenvalue weighted by atomic mass is 35.5. The summed E-state index contributed by atoms with van der Waals surface area (Å²) < 4.78 is 5.57. The van der Waals surface area contributed by atoms with E-state index in [0.29, 0.717) is 18.1 Å². The fourth-order valence-corrected chi connectivity index (χ4v) is 3.75. The van der Waals surface area contributed by atoms with Gasteiger partial charge in [-0.15, -0.1) is 0 Å². The molecule has 2 heterocycles. The van der Waals surface area contributed by atoms with Crippen molar-refractivity contribution in [1.29, 1.82) is 0 Å². The molecule has 2 fully saturated rings. The molecule has 20 heavy (non-hydrogen) atoms. The number of halogens is 1. The molecular weight excluding hydrogens is 272 g/mol. The van der Waals surface area contributed by atoms with E-state index >= 15 is 0 Å². The average Bonchev–Trinajstić information content (AvgIpc) is 2.91. The van der Waals surface area contributed by atoms with Crippen molar-refractivity contribution >= 4 is 11.6 Å². The lowest BCUT2D eigenvalue weighted by atomic mass is 9.96. The summed E-state index contributed by atoms with van der Waals surface area (Å²) in [7, 11) is 0. The van der Waals surface area contributed by atoms with Crippen LogP contribution in [0.1, 0.15) is 30.5 Å². The number of nitrogens with zero attached hydrogens (tertiary/aromatic N) is 1. The van der Waals surface area contributed by atoms with E-state index < -0.39 is 0 Å². The molecule has 2 saturated heterocycles. The largest absolute Gasteiger partial charge is 0.379 e. The summed E-state index contributed by atoms with van der Waals surface area (Å²) in [5.41, 5.74) is 2.40. The second-order valence-corrected chi connectivity index (χ2v) is 6.31. The molecule has 0 spiro atoms. The van der Waals surface area contributed by atoms with Crippen molar-refractivity contribution in [2.24, 2.45) is 0 Å². The van der Waals surface area contributed by atoms with Crippen molar-refractivity contribution in [2.75, 3.05) is 26.3 Å². The Hall–Kier alpha value is -0.610. The number of hydrogen-bond acceptors (Lipinski definition) is 3. The summed E-state index contributed by atoms with van der Waals surface area (Å²) >= 11 is 6.53. The van der Waals surface area contributed by atoms with E-state index in [-0.39, 0.29) is 0 Å². The minimum absolute atomic E-state index is 0.336. The highest BCUT2D eigenvalue weighted by molar-refractivity contribution is 6.32. The van der Waals surface area contributed by atoms with Gasteiger partial charge in [0.15, 0.2) is 0 Å². The average molecular weight is 295 g/mol. The lowest BCUT2D eigenvalue weighted by molar-refractivity contribution is -0.0244. The predicted octanol–water partition coefficient (Wildman–Crippen LogP) is 2.77. The second kappa shape index (κ2) is 6.02. The lowest BCUT2D eigenvalue weighted by Crippen LogP contribution is -2.50. The Morgan fingerprint density at radius 1 is 1.40 bits per heavy atom. The van der Waals surface area contributed by atoms with E-state index in [2.05, 4.69) is 42.3 Å². The molecule has 0 aromatic heterocycles. The van der Waals surface area contributed by atoms with Crippen molar-refractivity contribution in [3.8, 4) is 0 Å². The normalized spacial score (nSPS) is 31.6. The quantitative estimate of drug-likeness (QED) is 0.908. The van der Waals surface area contributed by atoms with Crippen molar-refractivity contribution in [2.45, 2.75) is 38.4 Å². The van der Waals surface area contributed by atoms with Gasteiger partial charge in [-0.3, -0.25) is 4.90 Å². The summed E-state index contributed by atoms with van der Waals surface area (Å²) in [6, 6.07) is 7.69. The van der Waals surface area contributed by atoms with Gasteiger partial charge in [0.25, 0.3) is 0 Å². The van der Waals surface area contributed by atoms with Crippen molar-refractivity contribution < 1.29 is 4.74 Å². The van der Waals surface area contributed by atoms with Gasteiger partial charge in [-0.25, -0.2) is 0 Å². The summed E-state index contributed by atoms with van der Waals surface area (Å²) in [6.07, 6.45) is 1.18. The molecule has 4 heteroatoms. The first-order chi connectivity index (χ1) is 9.68. The number of aryl methyl sites for hydroxylation is 1. The highest BCUT2D eigenvalue weighted by Gasteiger charge is 2.37. The topological polar surface area (TPSA) is 24.5 Å². The fraction of sp³-hybridized carbons (Fsp3) is 0.625. The Morgan fingerprint density at radius 2 is 2.25 bits per heavy atom. The molecule has 110 valence electrons. The van der Waals surface area contributed by atoms with Crippen LogP contribution < -0.4 is 5.32 Å². The molecule has 1 aromatic rings. The predicted molar refractivity (Wildman–Crippen MR) is 82.3 cm³/mol. The maximum absolute atomic E-state index is 6.53. The maximum atomic E-state index is 6.53. The molecule has 0 amide bonds. The number of benzene rings is 1. The van der Waals surface area contributed by atoms with E-state index in [1.165, 1.54) is 12.0 Å². The Morgan fingerprint density at radius 3 is 3.05 bits per heavy atom. The third-order valence-electron chi connectivity index (χ3n) is 4.59. The third kappa shape index (κ3) is 2.60. The monoisotopic (exact) mass is 294 g/mol. The molecule has 2 aliphatic heterocycles. The molecule has 0 aliphatic carbocycles. The molecule has 3 atom stereocenters. The van der Waals surface area contributed by atoms with Gasteiger partial charge in [-0.1, -0.05) is 29.8 Å². The van der Waals surface area contributed by atoms with Gasteiger partial charge >= 0.3 is 0 Å². The molecule has 1 unspecified atom stereocenters. The standard InChI is InChI=1S/C16H23ClN2O/c1-11-4-3-5-13(15(11)17)16-14(6-7-18-16)19-8-9-20-10-12(19)2/h3-5,12,14,16,18H,6-10H2,1-2H3/t12?,14-,16-/m0/s1. The number of rotatable bonds is 2. The Labute approximate surface area is 126 Å². The van der Waals surface area contributed by atoms with Crippen LogP contribution >= 0.6 is 11.6 Å². The Bertz CT molecular complexity index is 480. The van der Waals surface area contributed by atoms with Crippen molar-refractivity contribution in [1.82, 2.24) is 10.2 Å². The van der Waals surface area contributed by atoms with E-state index in [4.69, 9.17) is 16.3 Å². The van der Waals surface area contributed by atoms with Gasteiger partial charge in [0, 0.05) is 29.7 Å². The molecule has 1 aromatic carbocycles. The van der Waals surface area contributed by atoms with Crippen LogP contribution in [0.3, 0.4) is 0 Å². The van der Waals surface area contributed by atoms with Crippen LogP contribution in [0.2, 0.25) is 5.02 Å². The molecule has 3 nitrogen and oxygen atoms in total. The van der Waals surface area contributed by atoms with E-state index in [1.54, 1.807) is 0 Å². The van der Waals surface area contributed by atoms with Crippen LogP contribution in [-0.4, -0.2) is 43.3 Å². The van der Waals surface area contributed by atoms with Gasteiger partial charge in [0.2, 0.25) is 0 Å². The minimum Gasteiger partial charge on any atom is -0.379 e. The van der Waals surface area contributed by atoms with Crippen LogP contribution in [-0.2, 0) is 4.74 Å². The third-order valence-corrected chi connectivity index (χ3v) is 5.11. The lowest BCUT2D eigenvalue weighted by Gasteiger charge is -2.40. The SMILES string of the molecule is Cc1cccc([C@@H]2NCC[C@@H]2N2CCOCC2C)c1Cl. The molecule has 0 radical (unpaired) electrons. The smallest absolute Gasteiger partial charge is 0.0619 e. The molecule has 0 bridgehead atoms. The van der Waals surface area contributed by atoms with Crippen LogP contribution in [0, 0.1) is 6.92 Å². The van der Waals surface area contributed by atoms with Gasteiger partial charge < -0.3 is 10.1 Å². The summed E-state index contributed by atoms with van der Waals surface area (Å²) in [5, 5.41) is 4.56. The molecular formula is C16H23ClN2O. The van der Waals surface area contributed by atoms with E-state index in [9.17, 15) is 0 Å². The zero-order valence-corrected chi connectivity index (χ0v) is 13.0. The molecule has 1 N–H and O–H groups in total. The van der Waals surface area contributed by atoms with Crippen molar-refractivity contribution in [3.63, 3.8) is 0 Å². The van der Waals surface area contributed by atoms with Crippen molar-refractivity contribution in [3.05, 3.63) is 34.3 Å². The minimum atomic E-state index is 0.336. The zero-order chi connectivity index (χ0) is 14.1. The summed E-state index contributed by atoms with van der Waals surface area (Å²) in [6.45, 7) is 8.09. The fourth-order valence-electron chi connectivity index (χ4n) is 3.51. The van der Waals surface area contributed by atoms with Gasteiger partial charge in [-0.05, 0) is 37.9 Å². The second-order valence-electron chi connectivity index (χ2n) is 5.93. The first kappa shape index (κ1) is 14.3. The molecule has 2 aliphatic rings. The van der Waals surface area contributed by atoms with E-state index in [1.807, 2.05) is 0 Å². The first-order valence-electron chi connectivity index (χ1n) is 7.50. The van der Waals surface area contributed by atoms with Gasteiger partial charge in [0.1, 0.15) is 0 Å². The first-order valence-corrected chi connectivity index (χ1v) is 7.88. The number of nitrogens with one attached hydrogen (secondary N) is 1. The van der Waals surface area contributed by atoms with Gasteiger partial charge in [0.05, 0.1) is 13.2 Å². The van der Waals surface area contributed by atoms with Crippen LogP contribution in [0.5, 0.6) is 0 Å². The van der Waals surface area contributed by atoms with Gasteiger partial charge in [-0.2, -0.15) is 0 Å². The summed E-state index contributed by atoms with van der Waals surface area (Å²) in [4.78, 5) is 2.59.